The molecule has 0 saturated carbocycles. The Morgan fingerprint density at radius 2 is 1.62 bits per heavy atom. The predicted molar refractivity (Wildman–Crippen MR) is 121 cm³/mol. The molecule has 0 aliphatic heterocycles. The van der Waals surface area contributed by atoms with Crippen LogP contribution in [0.5, 0.6) is 0 Å². The highest BCUT2D eigenvalue weighted by Gasteiger charge is 2.29. The Kier molecular flexibility index (Phi) is 7.65. The molecule has 2 amide bonds. The third-order valence-electron chi connectivity index (χ3n) is 5.52. The fourth-order valence-electron chi connectivity index (χ4n) is 3.77. The van der Waals surface area contributed by atoms with Crippen LogP contribution in [0, 0.1) is 5.92 Å². The Morgan fingerprint density at radius 1 is 1.03 bits per heavy atom. The Morgan fingerprint density at radius 3 is 2.22 bits per heavy atom. The van der Waals surface area contributed by atoms with Gasteiger partial charge in [-0.2, -0.15) is 0 Å². The highest BCUT2D eigenvalue weighted by molar-refractivity contribution is 5.86. The zero-order chi connectivity index (χ0) is 23.1. The van der Waals surface area contributed by atoms with Crippen LogP contribution in [0.2, 0.25) is 0 Å². The van der Waals surface area contributed by atoms with Crippen molar-refractivity contribution in [1.29, 1.82) is 0 Å². The molecule has 0 spiro atoms. The summed E-state index contributed by atoms with van der Waals surface area (Å²) in [7, 11) is 0. The van der Waals surface area contributed by atoms with Gasteiger partial charge in [-0.15, -0.1) is 0 Å². The summed E-state index contributed by atoms with van der Waals surface area (Å²) >= 11 is 0. The quantitative estimate of drug-likeness (QED) is 0.520. The smallest absolute Gasteiger partial charge is 0.407 e. The van der Waals surface area contributed by atoms with Crippen molar-refractivity contribution in [2.24, 2.45) is 5.92 Å². The molecule has 1 atom stereocenters. The monoisotopic (exact) mass is 436 g/mol. The lowest BCUT2D eigenvalue weighted by molar-refractivity contribution is -0.132. The first kappa shape index (κ1) is 23.1. The number of nitrogens with one attached hydrogen (secondary N) is 2. The molecule has 0 heterocycles. The van der Waals surface area contributed by atoms with Crippen molar-refractivity contribution in [3.63, 3.8) is 0 Å². The van der Waals surface area contributed by atoms with Gasteiger partial charge >= 0.3 is 12.1 Å². The van der Waals surface area contributed by atoms with Crippen LogP contribution in [-0.2, 0) is 14.3 Å². The van der Waals surface area contributed by atoms with Crippen molar-refractivity contribution in [2.75, 3.05) is 19.7 Å². The predicted octanol–water partition coefficient (Wildman–Crippen LogP) is 3.70. The number of hydrogen-bond acceptors (Lipinski definition) is 4. The minimum atomic E-state index is -1.01. The van der Waals surface area contributed by atoms with Gasteiger partial charge in [0, 0.05) is 31.0 Å². The summed E-state index contributed by atoms with van der Waals surface area (Å²) < 4.78 is 5.49. The Balaban J connectivity index is 1.43. The minimum Gasteiger partial charge on any atom is -0.478 e. The maximum atomic E-state index is 12.2. The number of alkyl carbamates (subject to hydrolysis) is 1. The second kappa shape index (κ2) is 10.6. The molecule has 3 rings (SSSR count). The van der Waals surface area contributed by atoms with Gasteiger partial charge in [0.25, 0.3) is 0 Å². The van der Waals surface area contributed by atoms with E-state index in [1.807, 2.05) is 31.2 Å². The number of carbonyl (C=O) groups is 3. The zero-order valence-electron chi connectivity index (χ0n) is 18.3. The van der Waals surface area contributed by atoms with E-state index < -0.39 is 12.1 Å². The lowest BCUT2D eigenvalue weighted by Crippen LogP contribution is -2.33. The van der Waals surface area contributed by atoms with Crippen molar-refractivity contribution in [3.8, 4) is 11.1 Å². The number of hydrogen-bond donors (Lipinski definition) is 3. The fraction of sp³-hybridized carbons (Fsp3) is 0.320. The van der Waals surface area contributed by atoms with Gasteiger partial charge in [-0.1, -0.05) is 61.5 Å². The molecular formula is C25H28N2O5. The van der Waals surface area contributed by atoms with Crippen molar-refractivity contribution in [3.05, 3.63) is 71.3 Å². The van der Waals surface area contributed by atoms with Crippen molar-refractivity contribution in [2.45, 2.75) is 26.2 Å². The molecule has 1 unspecified atom stereocenters. The van der Waals surface area contributed by atoms with Gasteiger partial charge in [0.1, 0.15) is 6.61 Å². The number of carboxylic acid groups (broad SMARTS) is 1. The summed E-state index contributed by atoms with van der Waals surface area (Å²) in [4.78, 5) is 34.9. The van der Waals surface area contributed by atoms with Crippen LogP contribution in [0.15, 0.2) is 60.2 Å². The van der Waals surface area contributed by atoms with Crippen LogP contribution in [-0.4, -0.2) is 42.8 Å². The summed E-state index contributed by atoms with van der Waals surface area (Å²) in [6.07, 6.45) is 1.14. The Labute approximate surface area is 187 Å². The van der Waals surface area contributed by atoms with E-state index in [-0.39, 0.29) is 42.9 Å². The van der Waals surface area contributed by atoms with Crippen molar-refractivity contribution < 1.29 is 24.2 Å². The number of aliphatic carboxylic acids is 1. The summed E-state index contributed by atoms with van der Waals surface area (Å²) in [6, 6.07) is 16.3. The number of carboxylic acids is 1. The van der Waals surface area contributed by atoms with E-state index in [4.69, 9.17) is 9.84 Å². The molecular weight excluding hydrogens is 408 g/mol. The molecule has 0 fully saturated rings. The van der Waals surface area contributed by atoms with Crippen LogP contribution in [0.3, 0.4) is 0 Å². The average Bonchev–Trinajstić information content (AvgIpc) is 3.10. The molecule has 0 saturated heterocycles. The highest BCUT2D eigenvalue weighted by Crippen LogP contribution is 2.44. The molecule has 0 aromatic heterocycles. The molecule has 2 aromatic rings. The van der Waals surface area contributed by atoms with E-state index in [0.29, 0.717) is 6.54 Å². The number of rotatable bonds is 9. The molecule has 3 N–H and O–H groups in total. The molecule has 0 bridgehead atoms. The first-order valence-corrected chi connectivity index (χ1v) is 10.6. The third kappa shape index (κ3) is 5.75. The van der Waals surface area contributed by atoms with Crippen LogP contribution in [0.1, 0.15) is 37.3 Å². The van der Waals surface area contributed by atoms with Crippen LogP contribution >= 0.6 is 0 Å². The van der Waals surface area contributed by atoms with Crippen LogP contribution in [0.25, 0.3) is 11.1 Å². The Hall–Kier alpha value is -3.61. The molecule has 7 heteroatoms. The van der Waals surface area contributed by atoms with Gasteiger partial charge in [0.15, 0.2) is 0 Å². The first-order chi connectivity index (χ1) is 15.4. The van der Waals surface area contributed by atoms with E-state index in [1.165, 1.54) is 24.1 Å². The second-order valence-electron chi connectivity index (χ2n) is 8.01. The number of benzene rings is 2. The lowest BCUT2D eigenvalue weighted by atomic mass is 9.98. The molecule has 2 aromatic carbocycles. The minimum absolute atomic E-state index is 0.00124. The first-order valence-electron chi connectivity index (χ1n) is 10.6. The van der Waals surface area contributed by atoms with Gasteiger partial charge in [-0.3, -0.25) is 4.79 Å². The number of fused-ring (bicyclic) bond motifs is 3. The molecule has 0 radical (unpaired) electrons. The number of ether oxygens (including phenoxy) is 1. The maximum absolute atomic E-state index is 12.2. The van der Waals surface area contributed by atoms with E-state index in [1.54, 1.807) is 0 Å². The average molecular weight is 437 g/mol. The van der Waals surface area contributed by atoms with Gasteiger partial charge in [-0.25, -0.2) is 9.59 Å². The van der Waals surface area contributed by atoms with Gasteiger partial charge in [0.05, 0.1) is 0 Å². The largest absolute Gasteiger partial charge is 0.478 e. The van der Waals surface area contributed by atoms with E-state index >= 15 is 0 Å². The molecule has 1 aliphatic carbocycles. The topological polar surface area (TPSA) is 105 Å². The summed E-state index contributed by atoms with van der Waals surface area (Å²) in [5.41, 5.74) is 4.82. The molecule has 7 nitrogen and oxygen atoms in total. The highest BCUT2D eigenvalue weighted by atomic mass is 16.5. The SMILES string of the molecule is C/C(=C\CNC(=O)CC(C)CNC(=O)OCC1c2ccccc2-c2ccccc21)C(=O)O. The van der Waals surface area contributed by atoms with Gasteiger partial charge in [-0.05, 0) is 35.1 Å². The zero-order valence-corrected chi connectivity index (χ0v) is 18.3. The van der Waals surface area contributed by atoms with Crippen LogP contribution < -0.4 is 10.6 Å². The molecule has 168 valence electrons. The van der Waals surface area contributed by atoms with Crippen molar-refractivity contribution in [1.82, 2.24) is 10.6 Å². The van der Waals surface area contributed by atoms with Gasteiger partial charge in [0.2, 0.25) is 5.91 Å². The molecule has 32 heavy (non-hydrogen) atoms. The molecule has 1 aliphatic rings. The van der Waals surface area contributed by atoms with Crippen molar-refractivity contribution >= 4 is 18.0 Å². The van der Waals surface area contributed by atoms with E-state index in [0.717, 1.165) is 11.1 Å². The number of carbonyl (C=O) groups excluding carboxylic acids is 2. The summed E-state index contributed by atoms with van der Waals surface area (Å²) in [5.74, 6) is -1.32. The lowest BCUT2D eigenvalue weighted by Gasteiger charge is -2.16. The second-order valence-corrected chi connectivity index (χ2v) is 8.01. The summed E-state index contributed by atoms with van der Waals surface area (Å²) in [5, 5.41) is 14.2. The van der Waals surface area contributed by atoms with E-state index in [9.17, 15) is 14.4 Å². The maximum Gasteiger partial charge on any atom is 0.407 e. The standard InChI is InChI=1S/C25H28N2O5/c1-16(13-23(28)26-12-11-17(2)24(29)30)14-27-25(31)32-15-22-20-9-5-3-7-18(20)19-8-4-6-10-21(19)22/h3-11,16,22H,12-15H2,1-2H3,(H,26,28)(H,27,31)(H,29,30)/b17-11+. The van der Waals surface area contributed by atoms with Crippen LogP contribution in [0.4, 0.5) is 4.79 Å². The third-order valence-corrected chi connectivity index (χ3v) is 5.52. The normalized spacial score (nSPS) is 13.6. The number of amides is 2. The Bertz CT molecular complexity index is 985. The van der Waals surface area contributed by atoms with Gasteiger partial charge < -0.3 is 20.5 Å². The fourth-order valence-corrected chi connectivity index (χ4v) is 3.77. The van der Waals surface area contributed by atoms with E-state index in [2.05, 4.69) is 34.9 Å². The summed E-state index contributed by atoms with van der Waals surface area (Å²) in [6.45, 7) is 4.01.